The van der Waals surface area contributed by atoms with Gasteiger partial charge < -0.3 is 4.74 Å². The van der Waals surface area contributed by atoms with Crippen molar-refractivity contribution < 1.29 is 4.74 Å². The Morgan fingerprint density at radius 2 is 1.64 bits per heavy atom. The Balaban J connectivity index is 1.59. The van der Waals surface area contributed by atoms with Crippen LogP contribution in [0.4, 0.5) is 0 Å². The number of benzene rings is 3. The van der Waals surface area contributed by atoms with Gasteiger partial charge in [-0.25, -0.2) is 5.01 Å². The number of aryl methyl sites for hydroxylation is 1. The fraction of sp³-hybridized carbons (Fsp3) is 0.174. The average molecular weight is 409 g/mol. The molecule has 0 amide bonds. The number of hydrazone groups is 1. The van der Waals surface area contributed by atoms with Gasteiger partial charge >= 0.3 is 0 Å². The third-order valence-corrected chi connectivity index (χ3v) is 5.78. The molecule has 0 aliphatic carbocycles. The molecular weight excluding hydrogens is 391 g/mol. The van der Waals surface area contributed by atoms with Gasteiger partial charge in [-0.2, -0.15) is 5.10 Å². The Kier molecular flexibility index (Phi) is 4.30. The van der Waals surface area contributed by atoms with Crippen LogP contribution in [0, 0.1) is 6.92 Å². The second-order valence-electron chi connectivity index (χ2n) is 7.22. The summed E-state index contributed by atoms with van der Waals surface area (Å²) in [6.45, 7) is 2.09. The minimum atomic E-state index is -0.307. The van der Waals surface area contributed by atoms with E-state index in [1.807, 2.05) is 42.5 Å². The highest BCUT2D eigenvalue weighted by molar-refractivity contribution is 6.30. The zero-order valence-electron chi connectivity index (χ0n) is 15.3. The summed E-state index contributed by atoms with van der Waals surface area (Å²) in [5.74, 6) is 0.853. The lowest BCUT2D eigenvalue weighted by Crippen LogP contribution is -2.33. The summed E-state index contributed by atoms with van der Waals surface area (Å²) in [5, 5.41) is 8.43. The molecule has 28 heavy (non-hydrogen) atoms. The third-order valence-electron chi connectivity index (χ3n) is 5.29. The number of nitrogens with zero attached hydrogens (tertiary/aromatic N) is 2. The fourth-order valence-electron chi connectivity index (χ4n) is 3.83. The van der Waals surface area contributed by atoms with Gasteiger partial charge in [0.1, 0.15) is 5.75 Å². The summed E-state index contributed by atoms with van der Waals surface area (Å²) in [5.41, 5.74) is 5.52. The van der Waals surface area contributed by atoms with Crippen molar-refractivity contribution in [3.05, 3.63) is 99.0 Å². The molecule has 0 unspecified atom stereocenters. The summed E-state index contributed by atoms with van der Waals surface area (Å²) in [4.78, 5) is 0. The van der Waals surface area contributed by atoms with E-state index < -0.39 is 0 Å². The average Bonchev–Trinajstić information content (AvgIpc) is 3.14. The van der Waals surface area contributed by atoms with Crippen LogP contribution >= 0.6 is 23.2 Å². The summed E-state index contributed by atoms with van der Waals surface area (Å²) in [6, 6.07) is 22.1. The van der Waals surface area contributed by atoms with E-state index in [2.05, 4.69) is 36.2 Å². The van der Waals surface area contributed by atoms with E-state index in [1.54, 1.807) is 0 Å². The normalized spacial score (nSPS) is 20.2. The molecule has 0 radical (unpaired) electrons. The van der Waals surface area contributed by atoms with Gasteiger partial charge in [0.25, 0.3) is 0 Å². The predicted octanol–water partition coefficient (Wildman–Crippen LogP) is 6.54. The molecule has 5 heteroatoms. The fourth-order valence-corrected chi connectivity index (χ4v) is 4.13. The quantitative estimate of drug-likeness (QED) is 0.480. The molecular formula is C23H18Cl2N2O. The van der Waals surface area contributed by atoms with E-state index in [0.29, 0.717) is 10.0 Å². The van der Waals surface area contributed by atoms with Gasteiger partial charge in [0, 0.05) is 27.6 Å². The number of ether oxygens (including phenoxy) is 1. The van der Waals surface area contributed by atoms with Crippen LogP contribution < -0.4 is 4.74 Å². The summed E-state index contributed by atoms with van der Waals surface area (Å²) < 4.78 is 6.35. The molecule has 3 nitrogen and oxygen atoms in total. The van der Waals surface area contributed by atoms with Crippen LogP contribution in [-0.2, 0) is 0 Å². The Hall–Kier alpha value is -2.49. The van der Waals surface area contributed by atoms with Gasteiger partial charge in [-0.1, -0.05) is 65.2 Å². The largest absolute Gasteiger partial charge is 0.464 e. The predicted molar refractivity (Wildman–Crippen MR) is 113 cm³/mol. The van der Waals surface area contributed by atoms with Crippen molar-refractivity contribution in [3.8, 4) is 5.75 Å². The smallest absolute Gasteiger partial charge is 0.213 e. The lowest BCUT2D eigenvalue weighted by Gasteiger charge is -2.38. The van der Waals surface area contributed by atoms with Gasteiger partial charge in [0.2, 0.25) is 6.23 Å². The second-order valence-corrected chi connectivity index (χ2v) is 8.09. The van der Waals surface area contributed by atoms with Crippen molar-refractivity contribution >= 4 is 28.9 Å². The van der Waals surface area contributed by atoms with E-state index in [-0.39, 0.29) is 12.3 Å². The third kappa shape index (κ3) is 3.05. The van der Waals surface area contributed by atoms with E-state index >= 15 is 0 Å². The van der Waals surface area contributed by atoms with Crippen LogP contribution in [0.3, 0.4) is 0 Å². The molecule has 0 saturated carbocycles. The molecule has 2 atom stereocenters. The molecule has 5 rings (SSSR count). The molecule has 0 fully saturated rings. The molecule has 0 aromatic heterocycles. The highest BCUT2D eigenvalue weighted by atomic mass is 35.5. The van der Waals surface area contributed by atoms with E-state index in [0.717, 1.165) is 34.6 Å². The Labute approximate surface area is 174 Å². The first-order chi connectivity index (χ1) is 13.6. The monoisotopic (exact) mass is 408 g/mol. The Morgan fingerprint density at radius 3 is 2.39 bits per heavy atom. The van der Waals surface area contributed by atoms with Crippen molar-refractivity contribution in [2.75, 3.05) is 0 Å². The van der Waals surface area contributed by atoms with Gasteiger partial charge in [0.15, 0.2) is 0 Å². The van der Waals surface area contributed by atoms with Crippen molar-refractivity contribution in [3.63, 3.8) is 0 Å². The number of hydrogen-bond acceptors (Lipinski definition) is 3. The molecule has 3 aromatic carbocycles. The maximum absolute atomic E-state index is 6.35. The second kappa shape index (κ2) is 6.84. The van der Waals surface area contributed by atoms with Crippen molar-refractivity contribution in [1.29, 1.82) is 0 Å². The highest BCUT2D eigenvalue weighted by Gasteiger charge is 2.41. The van der Waals surface area contributed by atoms with Crippen molar-refractivity contribution in [1.82, 2.24) is 5.01 Å². The lowest BCUT2D eigenvalue weighted by atomic mass is 9.95. The summed E-state index contributed by atoms with van der Waals surface area (Å²) >= 11 is 12.4. The molecule has 0 N–H and O–H groups in total. The van der Waals surface area contributed by atoms with E-state index in [1.165, 1.54) is 5.56 Å². The number of rotatable bonds is 2. The van der Waals surface area contributed by atoms with E-state index in [4.69, 9.17) is 33.0 Å². The first-order valence-electron chi connectivity index (χ1n) is 9.23. The standard InChI is InChI=1S/C23H18Cl2N2O/c1-14-2-4-15(5-3-14)20-13-21-19-12-18(25)10-11-22(19)28-23(27(21)26-20)16-6-8-17(24)9-7-16/h2-12,21,23H,13H2,1H3/t21-,23-/m1/s1. The number of hydrogen-bond donors (Lipinski definition) is 0. The van der Waals surface area contributed by atoms with Crippen molar-refractivity contribution in [2.45, 2.75) is 25.6 Å². The minimum Gasteiger partial charge on any atom is -0.464 e. The number of fused-ring (bicyclic) bond motifs is 3. The molecule has 2 aliphatic rings. The Bertz CT molecular complexity index is 1060. The van der Waals surface area contributed by atoms with Crippen molar-refractivity contribution in [2.24, 2.45) is 5.10 Å². The van der Waals surface area contributed by atoms with Gasteiger partial charge in [-0.15, -0.1) is 0 Å². The zero-order valence-corrected chi connectivity index (χ0v) is 16.8. The van der Waals surface area contributed by atoms with Crippen LogP contribution in [-0.4, -0.2) is 10.7 Å². The maximum atomic E-state index is 6.35. The molecule has 0 saturated heterocycles. The van der Waals surface area contributed by atoms with E-state index in [9.17, 15) is 0 Å². The van der Waals surface area contributed by atoms with Crippen LogP contribution in [0.15, 0.2) is 71.8 Å². The first kappa shape index (κ1) is 17.6. The summed E-state index contributed by atoms with van der Waals surface area (Å²) in [6.07, 6.45) is 0.503. The molecule has 2 aliphatic heterocycles. The van der Waals surface area contributed by atoms with Crippen LogP contribution in [0.2, 0.25) is 10.0 Å². The molecule has 2 heterocycles. The SMILES string of the molecule is Cc1ccc(C2=NN3[C@H](C2)c2cc(Cl)ccc2O[C@@H]3c2ccc(Cl)cc2)cc1. The maximum Gasteiger partial charge on any atom is 0.213 e. The molecule has 3 aromatic rings. The topological polar surface area (TPSA) is 24.8 Å². The van der Waals surface area contributed by atoms with Crippen LogP contribution in [0.25, 0.3) is 0 Å². The van der Waals surface area contributed by atoms with Gasteiger partial charge in [-0.05, 0) is 42.8 Å². The summed E-state index contributed by atoms with van der Waals surface area (Å²) in [7, 11) is 0. The molecule has 0 bridgehead atoms. The molecule has 140 valence electrons. The highest BCUT2D eigenvalue weighted by Crippen LogP contribution is 2.48. The minimum absolute atomic E-state index is 0.0828. The zero-order chi connectivity index (χ0) is 19.3. The van der Waals surface area contributed by atoms with Crippen LogP contribution in [0.5, 0.6) is 5.75 Å². The lowest BCUT2D eigenvalue weighted by molar-refractivity contribution is -0.0190. The van der Waals surface area contributed by atoms with Gasteiger partial charge in [0.05, 0.1) is 11.8 Å². The van der Waals surface area contributed by atoms with Gasteiger partial charge in [-0.3, -0.25) is 0 Å². The molecule has 0 spiro atoms. The Morgan fingerprint density at radius 1 is 0.929 bits per heavy atom. The van der Waals surface area contributed by atoms with Crippen LogP contribution in [0.1, 0.15) is 40.9 Å². The number of halogens is 2. The first-order valence-corrected chi connectivity index (χ1v) is 9.98.